The molecule has 0 bridgehead atoms. The third-order valence-electron chi connectivity index (χ3n) is 2.41. The second-order valence-electron chi connectivity index (χ2n) is 3.47. The number of nitrogens with zero attached hydrogens (tertiary/aromatic N) is 2. The molecule has 0 amide bonds. The number of hydrogen-bond donors (Lipinski definition) is 0. The molecule has 1 heterocycles. The Balaban J connectivity index is 2.09. The minimum Gasteiger partial charge on any atom is -0.251 e. The van der Waals surface area contributed by atoms with E-state index in [1.54, 1.807) is 0 Å². The Morgan fingerprint density at radius 1 is 1.42 bits per heavy atom. The lowest BCUT2D eigenvalue weighted by Crippen LogP contribution is -2.27. The molecule has 0 spiro atoms. The number of halogens is 2. The number of piperidine rings is 1. The van der Waals surface area contributed by atoms with E-state index in [0.29, 0.717) is 0 Å². The summed E-state index contributed by atoms with van der Waals surface area (Å²) in [6.45, 7) is 3.82. The van der Waals surface area contributed by atoms with Gasteiger partial charge in [0.05, 0.1) is 0 Å². The fraction of sp³-hybridized carbons (Fsp3) is 1.00. The van der Waals surface area contributed by atoms with E-state index < -0.39 is 0 Å². The second-order valence-corrected chi connectivity index (χ2v) is 6.48. The quantitative estimate of drug-likeness (QED) is 0.537. The average molecular weight is 394 g/mol. The molecule has 72 valence electrons. The molecular weight excluding hydrogens is 378 g/mol. The molecule has 1 aliphatic rings. The summed E-state index contributed by atoms with van der Waals surface area (Å²) in [6, 6.07) is 0. The average Bonchev–Trinajstić information content (AvgIpc) is 2.03. The lowest BCUT2D eigenvalue weighted by atomic mass is 9.95. The van der Waals surface area contributed by atoms with Gasteiger partial charge >= 0.3 is 0 Å². The molecule has 0 atom stereocenters. The van der Waals surface area contributed by atoms with E-state index in [0.717, 1.165) is 5.92 Å². The Morgan fingerprint density at radius 2 is 2.00 bits per heavy atom. The van der Waals surface area contributed by atoms with Crippen LogP contribution in [0.5, 0.6) is 0 Å². The topological polar surface area (TPSA) is 6.48 Å². The van der Waals surface area contributed by atoms with Gasteiger partial charge in [-0.15, -0.1) is 0 Å². The lowest BCUT2D eigenvalue weighted by Gasteiger charge is -2.27. The maximum Gasteiger partial charge on any atom is 0.0201 e. The largest absolute Gasteiger partial charge is 0.251 e. The normalized spacial score (nSPS) is 22.0. The summed E-state index contributed by atoms with van der Waals surface area (Å²) < 4.78 is 4.66. The van der Waals surface area contributed by atoms with Gasteiger partial charge in [0.25, 0.3) is 0 Å². The predicted octanol–water partition coefficient (Wildman–Crippen LogP) is 2.72. The van der Waals surface area contributed by atoms with Gasteiger partial charge in [-0.05, 0) is 32.2 Å². The van der Waals surface area contributed by atoms with E-state index in [9.17, 15) is 0 Å². The molecule has 12 heavy (non-hydrogen) atoms. The molecule has 0 aromatic rings. The Labute approximate surface area is 103 Å². The summed E-state index contributed by atoms with van der Waals surface area (Å²) in [4.78, 5) is 0. The van der Waals surface area contributed by atoms with E-state index in [4.69, 9.17) is 0 Å². The third-order valence-corrected chi connectivity index (χ3v) is 3.85. The Hall–Kier alpha value is 1.38. The Kier molecular flexibility index (Phi) is 5.70. The summed E-state index contributed by atoms with van der Waals surface area (Å²) in [5.74, 6) is 0.980. The smallest absolute Gasteiger partial charge is 0.0201 e. The maximum atomic E-state index is 2.43. The van der Waals surface area contributed by atoms with Crippen molar-refractivity contribution in [3.63, 3.8) is 0 Å². The Bertz CT molecular complexity index is 122. The molecular formula is C8H16I2N2. The first-order valence-corrected chi connectivity index (χ1v) is 6.39. The van der Waals surface area contributed by atoms with Crippen molar-refractivity contribution in [2.45, 2.75) is 19.3 Å². The standard InChI is InChI=1S/C8H16I2N2/c1-11(9)5-2-8-3-6-12(10)7-4-8/h8H,2-7H2,1H3. The summed E-state index contributed by atoms with van der Waals surface area (Å²) in [6.07, 6.45) is 4.17. The van der Waals surface area contributed by atoms with Crippen LogP contribution < -0.4 is 0 Å². The molecule has 0 aromatic heterocycles. The third kappa shape index (κ3) is 4.57. The van der Waals surface area contributed by atoms with E-state index in [1.165, 1.54) is 38.9 Å². The molecule has 1 fully saturated rings. The van der Waals surface area contributed by atoms with E-state index in [-0.39, 0.29) is 0 Å². The molecule has 1 saturated heterocycles. The molecule has 0 unspecified atom stereocenters. The first-order chi connectivity index (χ1) is 5.68. The van der Waals surface area contributed by atoms with Crippen molar-refractivity contribution in [1.29, 1.82) is 0 Å². The zero-order chi connectivity index (χ0) is 8.97. The van der Waals surface area contributed by atoms with Gasteiger partial charge in [0.2, 0.25) is 0 Å². The van der Waals surface area contributed by atoms with Crippen molar-refractivity contribution in [3.8, 4) is 0 Å². The van der Waals surface area contributed by atoms with Gasteiger partial charge in [0.15, 0.2) is 0 Å². The summed E-state index contributed by atoms with van der Waals surface area (Å²) in [5, 5.41) is 0. The SMILES string of the molecule is CN(I)CCC1CCN(I)CC1. The summed E-state index contributed by atoms with van der Waals surface area (Å²) >= 11 is 4.79. The zero-order valence-corrected chi connectivity index (χ0v) is 11.8. The van der Waals surface area contributed by atoms with Gasteiger partial charge in [-0.25, -0.2) is 3.11 Å². The van der Waals surface area contributed by atoms with Crippen molar-refractivity contribution in [2.75, 3.05) is 26.7 Å². The van der Waals surface area contributed by atoms with E-state index in [1.807, 2.05) is 0 Å². The van der Waals surface area contributed by atoms with Crippen LogP contribution in [0.25, 0.3) is 0 Å². The molecule has 0 aliphatic carbocycles. The monoisotopic (exact) mass is 394 g/mol. The van der Waals surface area contributed by atoms with Gasteiger partial charge in [0, 0.05) is 65.4 Å². The van der Waals surface area contributed by atoms with Crippen LogP contribution in [-0.4, -0.2) is 32.9 Å². The second kappa shape index (κ2) is 5.98. The molecule has 0 saturated carbocycles. The lowest BCUT2D eigenvalue weighted by molar-refractivity contribution is 0.286. The minimum atomic E-state index is 0.980. The minimum absolute atomic E-state index is 0.980. The van der Waals surface area contributed by atoms with Crippen LogP contribution in [0.4, 0.5) is 0 Å². The van der Waals surface area contributed by atoms with Crippen molar-refractivity contribution in [1.82, 2.24) is 6.23 Å². The molecule has 4 heteroatoms. The molecule has 2 nitrogen and oxygen atoms in total. The van der Waals surface area contributed by atoms with Gasteiger partial charge in [0.1, 0.15) is 0 Å². The molecule has 0 aromatic carbocycles. The van der Waals surface area contributed by atoms with Crippen molar-refractivity contribution < 1.29 is 0 Å². The van der Waals surface area contributed by atoms with E-state index >= 15 is 0 Å². The van der Waals surface area contributed by atoms with Crippen LogP contribution in [-0.2, 0) is 0 Å². The highest BCUT2D eigenvalue weighted by atomic mass is 127. The van der Waals surface area contributed by atoms with Crippen LogP contribution in [0.15, 0.2) is 0 Å². The highest BCUT2D eigenvalue weighted by Crippen LogP contribution is 2.22. The van der Waals surface area contributed by atoms with Gasteiger partial charge < -0.3 is 0 Å². The van der Waals surface area contributed by atoms with Gasteiger partial charge in [-0.2, -0.15) is 0 Å². The van der Waals surface area contributed by atoms with E-state index in [2.05, 4.69) is 59.0 Å². The molecule has 1 rings (SSSR count). The van der Waals surface area contributed by atoms with Gasteiger partial charge in [-0.3, -0.25) is 3.11 Å². The zero-order valence-electron chi connectivity index (χ0n) is 7.47. The maximum absolute atomic E-state index is 2.43. The predicted molar refractivity (Wildman–Crippen MR) is 69.6 cm³/mol. The molecule has 1 aliphatic heterocycles. The summed E-state index contributed by atoms with van der Waals surface area (Å²) in [7, 11) is 2.15. The molecule has 0 N–H and O–H groups in total. The van der Waals surface area contributed by atoms with Gasteiger partial charge in [-0.1, -0.05) is 0 Å². The first kappa shape index (κ1) is 11.5. The van der Waals surface area contributed by atoms with Crippen LogP contribution in [0, 0.1) is 5.92 Å². The fourth-order valence-corrected chi connectivity index (χ4v) is 2.39. The first-order valence-electron chi connectivity index (χ1n) is 4.46. The van der Waals surface area contributed by atoms with Crippen LogP contribution in [0.2, 0.25) is 0 Å². The van der Waals surface area contributed by atoms with Crippen LogP contribution in [0.1, 0.15) is 19.3 Å². The van der Waals surface area contributed by atoms with Crippen molar-refractivity contribution in [3.05, 3.63) is 0 Å². The summed E-state index contributed by atoms with van der Waals surface area (Å²) in [5.41, 5.74) is 0. The van der Waals surface area contributed by atoms with Crippen LogP contribution in [0.3, 0.4) is 0 Å². The highest BCUT2D eigenvalue weighted by Gasteiger charge is 2.17. The van der Waals surface area contributed by atoms with Crippen molar-refractivity contribution in [2.24, 2.45) is 5.92 Å². The van der Waals surface area contributed by atoms with Crippen molar-refractivity contribution >= 4 is 45.7 Å². The number of rotatable bonds is 3. The highest BCUT2D eigenvalue weighted by molar-refractivity contribution is 14.1. The number of hydrogen-bond acceptors (Lipinski definition) is 2. The fourth-order valence-electron chi connectivity index (χ4n) is 1.55. The van der Waals surface area contributed by atoms with Crippen LogP contribution >= 0.6 is 45.7 Å². The molecule has 0 radical (unpaired) electrons. The Morgan fingerprint density at radius 3 is 2.50 bits per heavy atom.